The molecule has 4 aromatic carbocycles. The van der Waals surface area contributed by atoms with Gasteiger partial charge in [-0.2, -0.15) is 0 Å². The predicted octanol–water partition coefficient (Wildman–Crippen LogP) is 5.13. The third-order valence-electron chi connectivity index (χ3n) is 6.09. The molecule has 0 aliphatic carbocycles. The van der Waals surface area contributed by atoms with E-state index in [1.165, 1.54) is 36.4 Å². The average Bonchev–Trinajstić information content (AvgIpc) is 3.43. The molecule has 0 unspecified atom stereocenters. The van der Waals surface area contributed by atoms with Crippen molar-refractivity contribution >= 4 is 50.3 Å². The molecule has 214 valence electrons. The molecule has 0 fully saturated rings. The molecule has 0 saturated carbocycles. The van der Waals surface area contributed by atoms with Crippen LogP contribution in [0.25, 0.3) is 11.0 Å². The lowest BCUT2D eigenvalue weighted by Gasteiger charge is -2.11. The summed E-state index contributed by atoms with van der Waals surface area (Å²) in [7, 11) is -3.83. The number of imidazole rings is 1. The van der Waals surface area contributed by atoms with Crippen molar-refractivity contribution in [2.45, 2.75) is 22.7 Å². The molecule has 0 bridgehead atoms. The molecule has 0 saturated heterocycles. The minimum atomic E-state index is -3.83. The molecule has 2 amide bonds. The predicted molar refractivity (Wildman–Crippen MR) is 162 cm³/mol. The Morgan fingerprint density at radius 1 is 0.833 bits per heavy atom. The first kappa shape index (κ1) is 28.7. The number of carbonyl (C=O) groups excluding carboxylic acids is 2. The number of para-hydroxylation sites is 2. The number of nitrogens with one attached hydrogen (secondary N) is 4. The number of nitrogens with zero attached hydrogens (tertiary/aromatic N) is 1. The highest BCUT2D eigenvalue weighted by molar-refractivity contribution is 7.98. The first-order valence-corrected chi connectivity index (χ1v) is 15.4. The number of rotatable bonds is 10. The van der Waals surface area contributed by atoms with Crippen molar-refractivity contribution in [1.82, 2.24) is 20.8 Å². The fraction of sp³-hybridized carbons (Fsp3) is 0.100. The number of anilines is 1. The molecular formula is C30H27N5O5S2. The van der Waals surface area contributed by atoms with Gasteiger partial charge < -0.3 is 9.72 Å². The Hall–Kier alpha value is -4.81. The summed E-state index contributed by atoms with van der Waals surface area (Å²) >= 11 is 1.56. The van der Waals surface area contributed by atoms with Crippen molar-refractivity contribution in [2.75, 3.05) is 11.3 Å². The van der Waals surface area contributed by atoms with Crippen molar-refractivity contribution in [3.8, 4) is 5.75 Å². The molecule has 0 aliphatic rings. The highest BCUT2D eigenvalue weighted by Gasteiger charge is 2.15. The molecule has 1 aromatic heterocycles. The van der Waals surface area contributed by atoms with Crippen molar-refractivity contribution in [3.05, 3.63) is 114 Å². The van der Waals surface area contributed by atoms with E-state index < -0.39 is 21.8 Å². The molecule has 10 nitrogen and oxygen atoms in total. The number of benzene rings is 4. The number of aromatic amines is 1. The monoisotopic (exact) mass is 601 g/mol. The quantitative estimate of drug-likeness (QED) is 0.128. The Kier molecular flexibility index (Phi) is 8.74. The van der Waals surface area contributed by atoms with Crippen molar-refractivity contribution in [3.63, 3.8) is 0 Å². The summed E-state index contributed by atoms with van der Waals surface area (Å²) in [5, 5.41) is 0.818. The van der Waals surface area contributed by atoms with Crippen molar-refractivity contribution in [1.29, 1.82) is 0 Å². The van der Waals surface area contributed by atoms with E-state index in [1.807, 2.05) is 43.3 Å². The molecule has 0 radical (unpaired) electrons. The van der Waals surface area contributed by atoms with Gasteiger partial charge in [0.05, 0.1) is 22.5 Å². The molecule has 0 aliphatic heterocycles. The smallest absolute Gasteiger partial charge is 0.269 e. The van der Waals surface area contributed by atoms with E-state index in [0.717, 1.165) is 21.8 Å². The van der Waals surface area contributed by atoms with E-state index in [1.54, 1.807) is 36.0 Å². The lowest BCUT2D eigenvalue weighted by atomic mass is 10.1. The number of thioether (sulfide) groups is 1. The Morgan fingerprint density at radius 3 is 2.07 bits per heavy atom. The van der Waals surface area contributed by atoms with Gasteiger partial charge in [-0.3, -0.25) is 25.2 Å². The molecular weight excluding hydrogens is 574 g/mol. The van der Waals surface area contributed by atoms with E-state index in [-0.39, 0.29) is 16.1 Å². The Bertz CT molecular complexity index is 1770. The summed E-state index contributed by atoms with van der Waals surface area (Å²) in [6, 6.07) is 26.8. The van der Waals surface area contributed by atoms with Crippen LogP contribution in [0.1, 0.15) is 33.2 Å². The summed E-state index contributed by atoms with van der Waals surface area (Å²) in [5.74, 6) is 0.220. The highest BCUT2D eigenvalue weighted by Crippen LogP contribution is 2.23. The van der Waals surface area contributed by atoms with E-state index in [4.69, 9.17) is 4.74 Å². The largest absolute Gasteiger partial charge is 0.494 e. The van der Waals surface area contributed by atoms with Crippen LogP contribution in [0.4, 0.5) is 5.69 Å². The van der Waals surface area contributed by atoms with Gasteiger partial charge in [-0.05, 0) is 85.3 Å². The molecule has 5 aromatic rings. The van der Waals surface area contributed by atoms with Gasteiger partial charge in [0.25, 0.3) is 21.8 Å². The second-order valence-corrected chi connectivity index (χ2v) is 11.7. The maximum Gasteiger partial charge on any atom is 0.269 e. The van der Waals surface area contributed by atoms with Crippen LogP contribution in [0, 0.1) is 0 Å². The average molecular weight is 602 g/mol. The summed E-state index contributed by atoms with van der Waals surface area (Å²) in [4.78, 5) is 33.0. The van der Waals surface area contributed by atoms with E-state index in [9.17, 15) is 18.0 Å². The number of H-pyrrole nitrogens is 1. The maximum absolute atomic E-state index is 12.7. The Labute approximate surface area is 246 Å². The van der Waals surface area contributed by atoms with E-state index in [2.05, 4.69) is 25.5 Å². The standard InChI is InChI=1S/C30H27N5O5S2/c1-2-40-24-15-17-25(18-16-24)42(38,39)35-23-13-11-22(12-14-23)29(37)34-33-28(36)21-9-7-20(8-10-21)19-41-30-31-26-5-3-4-6-27(26)32-30/h3-18,35H,2,19H2,1H3,(H,31,32)(H,33,36)(H,34,37). The molecule has 42 heavy (non-hydrogen) atoms. The van der Waals surface area contributed by atoms with Gasteiger partial charge in [0.1, 0.15) is 5.75 Å². The van der Waals surface area contributed by atoms with Gasteiger partial charge in [0.2, 0.25) is 0 Å². The zero-order chi connectivity index (χ0) is 29.5. The summed E-state index contributed by atoms with van der Waals surface area (Å²) in [6.45, 7) is 2.32. The number of amides is 2. The SMILES string of the molecule is CCOc1ccc(S(=O)(=O)Nc2ccc(C(=O)NNC(=O)c3ccc(CSc4nc5ccccc5[nH]4)cc3)cc2)cc1. The lowest BCUT2D eigenvalue weighted by molar-refractivity contribution is 0.0846. The number of ether oxygens (including phenoxy) is 1. The van der Waals surface area contributed by atoms with Crippen LogP contribution in [0.2, 0.25) is 0 Å². The fourth-order valence-corrected chi connectivity index (χ4v) is 5.84. The zero-order valence-corrected chi connectivity index (χ0v) is 24.1. The summed E-state index contributed by atoms with van der Waals surface area (Å²) < 4.78 is 33.2. The van der Waals surface area contributed by atoms with Gasteiger partial charge in [-0.25, -0.2) is 13.4 Å². The zero-order valence-electron chi connectivity index (χ0n) is 22.5. The number of hydrogen-bond donors (Lipinski definition) is 4. The first-order chi connectivity index (χ1) is 20.3. The van der Waals surface area contributed by atoms with Crippen LogP contribution in [0.3, 0.4) is 0 Å². The van der Waals surface area contributed by atoms with Crippen LogP contribution in [-0.4, -0.2) is 36.8 Å². The van der Waals surface area contributed by atoms with Crippen LogP contribution < -0.4 is 20.3 Å². The van der Waals surface area contributed by atoms with Crippen LogP contribution in [0.5, 0.6) is 5.75 Å². The third kappa shape index (κ3) is 7.09. The minimum Gasteiger partial charge on any atom is -0.494 e. The molecule has 12 heteroatoms. The van der Waals surface area contributed by atoms with Gasteiger partial charge in [0, 0.05) is 22.6 Å². The molecule has 1 heterocycles. The molecule has 4 N–H and O–H groups in total. The number of sulfonamides is 1. The fourth-order valence-electron chi connectivity index (χ4n) is 3.95. The van der Waals surface area contributed by atoms with E-state index in [0.29, 0.717) is 23.7 Å². The molecule has 0 atom stereocenters. The third-order valence-corrected chi connectivity index (χ3v) is 8.43. The van der Waals surface area contributed by atoms with Gasteiger partial charge in [0.15, 0.2) is 5.16 Å². The van der Waals surface area contributed by atoms with Gasteiger partial charge in [-0.1, -0.05) is 36.0 Å². The molecule has 0 spiro atoms. The number of aromatic nitrogens is 2. The normalized spacial score (nSPS) is 11.2. The van der Waals surface area contributed by atoms with Crippen molar-refractivity contribution < 1.29 is 22.7 Å². The van der Waals surface area contributed by atoms with Crippen LogP contribution >= 0.6 is 11.8 Å². The van der Waals surface area contributed by atoms with Crippen LogP contribution in [-0.2, 0) is 15.8 Å². The number of carbonyl (C=O) groups is 2. The maximum atomic E-state index is 12.7. The molecule has 5 rings (SSSR count). The second kappa shape index (κ2) is 12.8. The number of hydrogen-bond acceptors (Lipinski definition) is 7. The summed E-state index contributed by atoms with van der Waals surface area (Å²) in [5.41, 5.74) is 8.57. The number of fused-ring (bicyclic) bond motifs is 1. The number of hydrazine groups is 1. The second-order valence-electron chi connectivity index (χ2n) is 9.04. The van der Waals surface area contributed by atoms with Crippen LogP contribution in [0.15, 0.2) is 107 Å². The van der Waals surface area contributed by atoms with Crippen molar-refractivity contribution in [2.24, 2.45) is 0 Å². The Morgan fingerprint density at radius 2 is 1.45 bits per heavy atom. The first-order valence-electron chi connectivity index (χ1n) is 12.9. The van der Waals surface area contributed by atoms with Gasteiger partial charge in [-0.15, -0.1) is 0 Å². The summed E-state index contributed by atoms with van der Waals surface area (Å²) in [6.07, 6.45) is 0. The highest BCUT2D eigenvalue weighted by atomic mass is 32.2. The lowest BCUT2D eigenvalue weighted by Crippen LogP contribution is -2.41. The van der Waals surface area contributed by atoms with Gasteiger partial charge >= 0.3 is 0 Å². The topological polar surface area (TPSA) is 142 Å². The minimum absolute atomic E-state index is 0.0773. The van der Waals surface area contributed by atoms with E-state index >= 15 is 0 Å². The Balaban J connectivity index is 1.10.